The number of aryl methyl sites for hydroxylation is 3. The molecule has 0 fully saturated rings. The molecule has 2 aromatic rings. The zero-order valence-electron chi connectivity index (χ0n) is 11.5. The van der Waals surface area contributed by atoms with E-state index in [2.05, 4.69) is 51.4 Å². The minimum atomic E-state index is 0.512. The zero-order chi connectivity index (χ0) is 12.7. The van der Waals surface area contributed by atoms with Crippen LogP contribution in [0.25, 0.3) is 10.9 Å². The number of nitrogens with two attached hydrogens (primary N) is 1. The number of aromatic nitrogens is 1. The van der Waals surface area contributed by atoms with E-state index in [9.17, 15) is 0 Å². The van der Waals surface area contributed by atoms with Crippen LogP contribution in [0.5, 0.6) is 0 Å². The third-order valence-electron chi connectivity index (χ3n) is 3.56. The molecule has 0 saturated carbocycles. The fourth-order valence-corrected chi connectivity index (χ4v) is 2.97. The van der Waals surface area contributed by atoms with Gasteiger partial charge >= 0.3 is 0 Å². The van der Waals surface area contributed by atoms with Crippen LogP contribution in [0.4, 0.5) is 0 Å². The van der Waals surface area contributed by atoms with E-state index in [-0.39, 0.29) is 0 Å². The number of nitrogens with zero attached hydrogens (tertiary/aromatic N) is 1. The van der Waals surface area contributed by atoms with Gasteiger partial charge in [-0.15, -0.1) is 0 Å². The highest BCUT2D eigenvalue weighted by atomic mass is 15.0. The van der Waals surface area contributed by atoms with E-state index in [0.29, 0.717) is 12.5 Å². The average molecular weight is 230 g/mol. The first-order valence-electron chi connectivity index (χ1n) is 6.25. The summed E-state index contributed by atoms with van der Waals surface area (Å²) in [6.45, 7) is 9.43. The summed E-state index contributed by atoms with van der Waals surface area (Å²) < 4.78 is 2.26. The Bertz CT molecular complexity index is 562. The van der Waals surface area contributed by atoms with Crippen molar-refractivity contribution in [2.45, 2.75) is 40.2 Å². The predicted molar refractivity (Wildman–Crippen MR) is 74.4 cm³/mol. The van der Waals surface area contributed by atoms with Gasteiger partial charge < -0.3 is 10.3 Å². The van der Waals surface area contributed by atoms with E-state index in [0.717, 1.165) is 0 Å². The van der Waals surface area contributed by atoms with Crippen LogP contribution in [-0.2, 0) is 13.6 Å². The van der Waals surface area contributed by atoms with Crippen LogP contribution in [0.15, 0.2) is 12.1 Å². The lowest BCUT2D eigenvalue weighted by Gasteiger charge is -2.08. The summed E-state index contributed by atoms with van der Waals surface area (Å²) in [6, 6.07) is 4.53. The molecule has 1 aromatic heterocycles. The van der Waals surface area contributed by atoms with Crippen molar-refractivity contribution < 1.29 is 0 Å². The second-order valence-corrected chi connectivity index (χ2v) is 5.26. The molecule has 2 nitrogen and oxygen atoms in total. The summed E-state index contributed by atoms with van der Waals surface area (Å²) >= 11 is 0. The minimum Gasteiger partial charge on any atom is -0.346 e. The summed E-state index contributed by atoms with van der Waals surface area (Å²) in [6.07, 6.45) is 0. The number of benzene rings is 1. The molecule has 0 unspecified atom stereocenters. The smallest absolute Gasteiger partial charge is 0.0513 e. The maximum Gasteiger partial charge on any atom is 0.0513 e. The van der Waals surface area contributed by atoms with Crippen LogP contribution in [0.1, 0.15) is 42.1 Å². The van der Waals surface area contributed by atoms with Gasteiger partial charge in [0, 0.05) is 24.7 Å². The highest BCUT2D eigenvalue weighted by Gasteiger charge is 2.17. The van der Waals surface area contributed by atoms with Crippen LogP contribution in [0, 0.1) is 13.8 Å². The molecule has 17 heavy (non-hydrogen) atoms. The molecular formula is C15H22N2. The molecule has 2 rings (SSSR count). The standard InChI is InChI=1S/C15H22N2/c1-9(2)14-12-7-10(3)6-11(4)15(12)17(5)13(14)8-16/h6-7,9H,8,16H2,1-5H3. The van der Waals surface area contributed by atoms with Crippen molar-refractivity contribution in [3.05, 3.63) is 34.5 Å². The van der Waals surface area contributed by atoms with Gasteiger partial charge in [-0.2, -0.15) is 0 Å². The molecule has 0 aliphatic heterocycles. The number of rotatable bonds is 2. The zero-order valence-corrected chi connectivity index (χ0v) is 11.5. The molecule has 0 spiro atoms. The summed E-state index contributed by atoms with van der Waals surface area (Å²) in [5, 5.41) is 1.38. The molecular weight excluding hydrogens is 208 g/mol. The fourth-order valence-electron chi connectivity index (χ4n) is 2.97. The second-order valence-electron chi connectivity index (χ2n) is 5.26. The Morgan fingerprint density at radius 3 is 2.41 bits per heavy atom. The Hall–Kier alpha value is -1.28. The molecule has 0 aliphatic carbocycles. The molecule has 0 bridgehead atoms. The Morgan fingerprint density at radius 1 is 1.24 bits per heavy atom. The highest BCUT2D eigenvalue weighted by molar-refractivity contribution is 5.89. The van der Waals surface area contributed by atoms with E-state index < -0.39 is 0 Å². The molecule has 92 valence electrons. The average Bonchev–Trinajstić information content (AvgIpc) is 2.50. The molecule has 0 saturated heterocycles. The first-order valence-corrected chi connectivity index (χ1v) is 6.25. The van der Waals surface area contributed by atoms with Gasteiger partial charge in [0.15, 0.2) is 0 Å². The van der Waals surface area contributed by atoms with Crippen molar-refractivity contribution in [2.75, 3.05) is 0 Å². The van der Waals surface area contributed by atoms with E-state index >= 15 is 0 Å². The van der Waals surface area contributed by atoms with Crippen LogP contribution in [0.2, 0.25) is 0 Å². The lowest BCUT2D eigenvalue weighted by Crippen LogP contribution is -2.06. The summed E-state index contributed by atoms with van der Waals surface area (Å²) in [5.41, 5.74) is 12.6. The van der Waals surface area contributed by atoms with Crippen molar-refractivity contribution in [1.29, 1.82) is 0 Å². The number of fused-ring (bicyclic) bond motifs is 1. The lowest BCUT2D eigenvalue weighted by atomic mass is 9.97. The van der Waals surface area contributed by atoms with Crippen LogP contribution in [-0.4, -0.2) is 4.57 Å². The van der Waals surface area contributed by atoms with Crippen LogP contribution < -0.4 is 5.73 Å². The quantitative estimate of drug-likeness (QED) is 0.842. The maximum absolute atomic E-state index is 5.92. The van der Waals surface area contributed by atoms with Gasteiger partial charge in [-0.25, -0.2) is 0 Å². The van der Waals surface area contributed by atoms with E-state index in [1.165, 1.54) is 33.3 Å². The largest absolute Gasteiger partial charge is 0.346 e. The van der Waals surface area contributed by atoms with Gasteiger partial charge in [0.05, 0.1) is 5.52 Å². The molecule has 0 amide bonds. The van der Waals surface area contributed by atoms with Gasteiger partial charge in [-0.05, 0) is 37.0 Å². The van der Waals surface area contributed by atoms with Gasteiger partial charge in [-0.1, -0.05) is 25.5 Å². The molecule has 0 radical (unpaired) electrons. The Morgan fingerprint density at radius 2 is 1.88 bits per heavy atom. The van der Waals surface area contributed by atoms with E-state index in [1.54, 1.807) is 0 Å². The topological polar surface area (TPSA) is 30.9 Å². The molecule has 1 heterocycles. The summed E-state index contributed by atoms with van der Waals surface area (Å²) in [7, 11) is 2.12. The number of hydrogen-bond acceptors (Lipinski definition) is 1. The SMILES string of the molecule is Cc1cc(C)c2c(c1)c(C(C)C)c(CN)n2C. The minimum absolute atomic E-state index is 0.512. The van der Waals surface area contributed by atoms with Crippen LogP contribution in [0.3, 0.4) is 0 Å². The van der Waals surface area contributed by atoms with Gasteiger partial charge in [0.1, 0.15) is 0 Å². The van der Waals surface area contributed by atoms with Gasteiger partial charge in [0.2, 0.25) is 0 Å². The second kappa shape index (κ2) is 4.19. The first kappa shape index (κ1) is 12.2. The Labute approximate surface area is 103 Å². The third kappa shape index (κ3) is 1.77. The molecule has 0 aliphatic rings. The monoisotopic (exact) mass is 230 g/mol. The summed E-state index contributed by atoms with van der Waals surface area (Å²) in [4.78, 5) is 0. The van der Waals surface area contributed by atoms with Crippen LogP contribution >= 0.6 is 0 Å². The van der Waals surface area contributed by atoms with Gasteiger partial charge in [0.25, 0.3) is 0 Å². The van der Waals surface area contributed by atoms with Crippen molar-refractivity contribution in [3.63, 3.8) is 0 Å². The normalized spacial score (nSPS) is 11.7. The van der Waals surface area contributed by atoms with Crippen molar-refractivity contribution in [1.82, 2.24) is 4.57 Å². The fraction of sp³-hybridized carbons (Fsp3) is 0.467. The Kier molecular flexibility index (Phi) is 3.00. The third-order valence-corrected chi connectivity index (χ3v) is 3.56. The molecule has 1 aromatic carbocycles. The Balaban J connectivity index is 2.95. The molecule has 0 atom stereocenters. The summed E-state index contributed by atoms with van der Waals surface area (Å²) in [5.74, 6) is 0.512. The van der Waals surface area contributed by atoms with Crippen molar-refractivity contribution >= 4 is 10.9 Å². The predicted octanol–water partition coefficient (Wildman–Crippen LogP) is 3.38. The van der Waals surface area contributed by atoms with Crippen molar-refractivity contribution in [3.8, 4) is 0 Å². The van der Waals surface area contributed by atoms with Gasteiger partial charge in [-0.3, -0.25) is 0 Å². The van der Waals surface area contributed by atoms with E-state index in [4.69, 9.17) is 5.73 Å². The lowest BCUT2D eigenvalue weighted by molar-refractivity contribution is 0.787. The molecule has 2 N–H and O–H groups in total. The molecule has 2 heteroatoms. The maximum atomic E-state index is 5.92. The first-order chi connectivity index (χ1) is 7.97. The van der Waals surface area contributed by atoms with Crippen molar-refractivity contribution in [2.24, 2.45) is 12.8 Å². The highest BCUT2D eigenvalue weighted by Crippen LogP contribution is 2.33. The van der Waals surface area contributed by atoms with E-state index in [1.807, 2.05) is 0 Å². The number of hydrogen-bond donors (Lipinski definition) is 1.